The molecule has 0 atom stereocenters. The lowest BCUT2D eigenvalue weighted by Crippen LogP contribution is -2.13. The molecule has 0 aliphatic rings. The van der Waals surface area contributed by atoms with Gasteiger partial charge in [-0.1, -0.05) is 35.3 Å². The number of nitrogens with one attached hydrogen (secondary N) is 1. The van der Waals surface area contributed by atoms with Crippen LogP contribution >= 0.6 is 23.2 Å². The number of carbonyl (C=O) groups is 1. The lowest BCUT2D eigenvalue weighted by Gasteiger charge is -2.09. The standard InChI is InChI=1S/C13H10Cl2N2O2/c14-9-5-7(6-10(15)12(9)18)17-13(19)8-3-1-2-4-11(8)16/h1-6,18H,16H2,(H,17,19). The van der Waals surface area contributed by atoms with Gasteiger partial charge in [-0.15, -0.1) is 0 Å². The van der Waals surface area contributed by atoms with Gasteiger partial charge in [0.15, 0.2) is 5.75 Å². The van der Waals surface area contributed by atoms with Crippen LogP contribution < -0.4 is 11.1 Å². The fraction of sp³-hybridized carbons (Fsp3) is 0. The van der Waals surface area contributed by atoms with Crippen molar-refractivity contribution in [3.05, 3.63) is 52.0 Å². The lowest BCUT2D eigenvalue weighted by molar-refractivity contribution is 0.102. The Bertz CT molecular complexity index is 621. The fourth-order valence-electron chi connectivity index (χ4n) is 1.54. The average Bonchev–Trinajstić information content (AvgIpc) is 2.36. The molecule has 2 rings (SSSR count). The molecular formula is C13H10Cl2N2O2. The van der Waals surface area contributed by atoms with Crippen LogP contribution in [0.1, 0.15) is 10.4 Å². The summed E-state index contributed by atoms with van der Waals surface area (Å²) in [7, 11) is 0. The first kappa shape index (κ1) is 13.5. The van der Waals surface area contributed by atoms with Gasteiger partial charge in [0.25, 0.3) is 5.91 Å². The van der Waals surface area contributed by atoms with Crippen molar-refractivity contribution in [1.29, 1.82) is 0 Å². The number of hydrogen-bond donors (Lipinski definition) is 3. The van der Waals surface area contributed by atoms with Crippen LogP contribution in [0.3, 0.4) is 0 Å². The Hall–Kier alpha value is -1.91. The summed E-state index contributed by atoms with van der Waals surface area (Å²) < 4.78 is 0. The highest BCUT2D eigenvalue weighted by molar-refractivity contribution is 6.37. The van der Waals surface area contributed by atoms with Crippen LogP contribution in [0.4, 0.5) is 11.4 Å². The Morgan fingerprint density at radius 2 is 1.74 bits per heavy atom. The molecule has 0 unspecified atom stereocenters. The number of rotatable bonds is 2. The summed E-state index contributed by atoms with van der Waals surface area (Å²) in [6, 6.07) is 9.49. The van der Waals surface area contributed by atoms with Gasteiger partial charge in [-0.2, -0.15) is 0 Å². The van der Waals surface area contributed by atoms with Gasteiger partial charge >= 0.3 is 0 Å². The van der Waals surface area contributed by atoms with Crippen LogP contribution in [0.15, 0.2) is 36.4 Å². The fourth-order valence-corrected chi connectivity index (χ4v) is 2.03. The molecule has 2 aromatic rings. The number of benzene rings is 2. The summed E-state index contributed by atoms with van der Waals surface area (Å²) >= 11 is 11.5. The van der Waals surface area contributed by atoms with Crippen molar-refractivity contribution in [1.82, 2.24) is 0 Å². The SMILES string of the molecule is Nc1ccccc1C(=O)Nc1cc(Cl)c(O)c(Cl)c1. The van der Waals surface area contributed by atoms with Gasteiger partial charge in [0, 0.05) is 11.4 Å². The van der Waals surface area contributed by atoms with Gasteiger partial charge in [0.05, 0.1) is 15.6 Å². The van der Waals surface area contributed by atoms with Gasteiger partial charge in [-0.25, -0.2) is 0 Å². The molecule has 0 aromatic heterocycles. The Kier molecular flexibility index (Phi) is 3.83. The van der Waals surface area contributed by atoms with Crippen LogP contribution in [0, 0.1) is 0 Å². The molecule has 4 N–H and O–H groups in total. The van der Waals surface area contributed by atoms with E-state index in [4.69, 9.17) is 28.9 Å². The average molecular weight is 297 g/mol. The normalized spacial score (nSPS) is 10.2. The molecule has 0 bridgehead atoms. The first-order valence-electron chi connectivity index (χ1n) is 5.33. The van der Waals surface area contributed by atoms with Crippen molar-refractivity contribution in [2.45, 2.75) is 0 Å². The molecule has 0 aliphatic carbocycles. The Morgan fingerprint density at radius 3 is 2.32 bits per heavy atom. The van der Waals surface area contributed by atoms with E-state index in [1.807, 2.05) is 0 Å². The number of amides is 1. The minimum Gasteiger partial charge on any atom is -0.505 e. The Morgan fingerprint density at radius 1 is 1.16 bits per heavy atom. The van der Waals surface area contributed by atoms with E-state index in [0.29, 0.717) is 16.9 Å². The molecule has 4 nitrogen and oxygen atoms in total. The molecule has 0 radical (unpaired) electrons. The number of nitrogen functional groups attached to an aromatic ring is 1. The van der Waals surface area contributed by atoms with Gasteiger partial charge < -0.3 is 16.2 Å². The third-order valence-electron chi connectivity index (χ3n) is 2.48. The Balaban J connectivity index is 2.27. The van der Waals surface area contributed by atoms with Gasteiger partial charge in [0.2, 0.25) is 0 Å². The minimum atomic E-state index is -0.379. The third-order valence-corrected chi connectivity index (χ3v) is 3.06. The van der Waals surface area contributed by atoms with Crippen molar-refractivity contribution in [3.8, 4) is 5.75 Å². The topological polar surface area (TPSA) is 75.4 Å². The van der Waals surface area contributed by atoms with Crippen molar-refractivity contribution < 1.29 is 9.90 Å². The summed E-state index contributed by atoms with van der Waals surface area (Å²) in [4.78, 5) is 12.0. The molecule has 0 saturated heterocycles. The first-order valence-corrected chi connectivity index (χ1v) is 6.08. The molecule has 19 heavy (non-hydrogen) atoms. The third kappa shape index (κ3) is 2.92. The van der Waals surface area contributed by atoms with E-state index in [1.165, 1.54) is 12.1 Å². The molecule has 2 aromatic carbocycles. The van der Waals surface area contributed by atoms with E-state index in [9.17, 15) is 9.90 Å². The predicted octanol–water partition coefficient (Wildman–Crippen LogP) is 3.53. The molecule has 98 valence electrons. The maximum Gasteiger partial charge on any atom is 0.257 e. The van der Waals surface area contributed by atoms with Crippen molar-refractivity contribution in [2.24, 2.45) is 0 Å². The molecule has 6 heteroatoms. The number of nitrogens with two attached hydrogens (primary N) is 1. The number of halogens is 2. The van der Waals surface area contributed by atoms with E-state index in [1.54, 1.807) is 24.3 Å². The number of hydrogen-bond acceptors (Lipinski definition) is 3. The molecule has 1 amide bonds. The second-order valence-corrected chi connectivity index (χ2v) is 4.64. The second kappa shape index (κ2) is 5.38. The van der Waals surface area contributed by atoms with Crippen LogP contribution in [-0.4, -0.2) is 11.0 Å². The summed E-state index contributed by atoms with van der Waals surface area (Å²) in [5.74, 6) is -0.600. The van der Waals surface area contributed by atoms with E-state index in [0.717, 1.165) is 0 Å². The smallest absolute Gasteiger partial charge is 0.257 e. The highest BCUT2D eigenvalue weighted by Crippen LogP contribution is 2.34. The molecule has 0 heterocycles. The molecule has 0 spiro atoms. The van der Waals surface area contributed by atoms with Crippen molar-refractivity contribution in [2.75, 3.05) is 11.1 Å². The maximum absolute atomic E-state index is 12.0. The van der Waals surface area contributed by atoms with Gasteiger partial charge in [-0.05, 0) is 24.3 Å². The number of anilines is 2. The molecule has 0 fully saturated rings. The maximum atomic E-state index is 12.0. The summed E-state index contributed by atoms with van der Waals surface area (Å²) in [6.07, 6.45) is 0. The number of aromatic hydroxyl groups is 1. The molecule has 0 aliphatic heterocycles. The van der Waals surface area contributed by atoms with Crippen molar-refractivity contribution >= 4 is 40.5 Å². The number of carbonyl (C=O) groups excluding carboxylic acids is 1. The summed E-state index contributed by atoms with van der Waals surface area (Å²) in [6.45, 7) is 0. The quantitative estimate of drug-likeness (QED) is 0.586. The zero-order chi connectivity index (χ0) is 14.0. The van der Waals surface area contributed by atoms with Crippen LogP contribution in [0.5, 0.6) is 5.75 Å². The summed E-state index contributed by atoms with van der Waals surface area (Å²) in [5, 5.41) is 12.2. The lowest BCUT2D eigenvalue weighted by atomic mass is 10.1. The zero-order valence-corrected chi connectivity index (χ0v) is 11.2. The van der Waals surface area contributed by atoms with E-state index >= 15 is 0 Å². The van der Waals surface area contributed by atoms with Crippen molar-refractivity contribution in [3.63, 3.8) is 0 Å². The van der Waals surface area contributed by atoms with Crippen LogP contribution in [-0.2, 0) is 0 Å². The van der Waals surface area contributed by atoms with Gasteiger partial charge in [0.1, 0.15) is 0 Å². The highest BCUT2D eigenvalue weighted by atomic mass is 35.5. The Labute approximate surface area is 119 Å². The second-order valence-electron chi connectivity index (χ2n) is 3.83. The zero-order valence-electron chi connectivity index (χ0n) is 9.65. The van der Waals surface area contributed by atoms with Crippen LogP contribution in [0.2, 0.25) is 10.0 Å². The van der Waals surface area contributed by atoms with E-state index in [2.05, 4.69) is 5.32 Å². The summed E-state index contributed by atoms with van der Waals surface area (Å²) in [5.41, 5.74) is 6.80. The number of phenolic OH excluding ortho intramolecular Hbond substituents is 1. The monoisotopic (exact) mass is 296 g/mol. The van der Waals surface area contributed by atoms with Gasteiger partial charge in [-0.3, -0.25) is 4.79 Å². The highest BCUT2D eigenvalue weighted by Gasteiger charge is 2.12. The first-order chi connectivity index (χ1) is 8.99. The number of para-hydroxylation sites is 1. The largest absolute Gasteiger partial charge is 0.505 e. The molecule has 0 saturated carbocycles. The minimum absolute atomic E-state index is 0.0591. The van der Waals surface area contributed by atoms with E-state index < -0.39 is 0 Å². The predicted molar refractivity (Wildman–Crippen MR) is 76.9 cm³/mol. The number of phenols is 1. The van der Waals surface area contributed by atoms with E-state index in [-0.39, 0.29) is 21.7 Å². The van der Waals surface area contributed by atoms with Crippen LogP contribution in [0.25, 0.3) is 0 Å². The molecular weight excluding hydrogens is 287 g/mol.